The van der Waals surface area contributed by atoms with Gasteiger partial charge in [0, 0.05) is 87.8 Å². The molecule has 0 bridgehead atoms. The van der Waals surface area contributed by atoms with E-state index in [0.717, 1.165) is 80.8 Å². The molecule has 8 nitrogen and oxygen atoms in total. The Kier molecular flexibility index (Phi) is 22.5. The molecule has 0 aromatic heterocycles. The first-order valence-electron chi connectivity index (χ1n) is 18.4. The van der Waals surface area contributed by atoms with E-state index in [2.05, 4.69) is 97.9 Å². The zero-order valence-electron chi connectivity index (χ0n) is 32.5. The summed E-state index contributed by atoms with van der Waals surface area (Å²) in [7, 11) is 5.71. The van der Waals surface area contributed by atoms with Gasteiger partial charge in [0.2, 0.25) is 0 Å². The highest BCUT2D eigenvalue weighted by Crippen LogP contribution is 2.34. The van der Waals surface area contributed by atoms with Crippen LogP contribution in [-0.2, 0) is 4.74 Å². The smallest absolute Gasteiger partial charge is 0.144 e. The molecule has 2 aliphatic rings. The molecule has 48 heavy (non-hydrogen) atoms. The van der Waals surface area contributed by atoms with Gasteiger partial charge >= 0.3 is 0 Å². The van der Waals surface area contributed by atoms with Crippen molar-refractivity contribution in [1.29, 1.82) is 0 Å². The van der Waals surface area contributed by atoms with E-state index in [0.29, 0.717) is 0 Å². The summed E-state index contributed by atoms with van der Waals surface area (Å²) in [4.78, 5) is 7.58. The maximum Gasteiger partial charge on any atom is 0.144 e. The van der Waals surface area contributed by atoms with Crippen LogP contribution >= 0.6 is 0 Å². The fourth-order valence-electron chi connectivity index (χ4n) is 5.80. The number of hydrogen-bond acceptors (Lipinski definition) is 8. The molecule has 0 amide bonds. The Balaban J connectivity index is 0.000000472. The number of unbranched alkanes of at least 4 members (excludes halogenated alkanes) is 1. The summed E-state index contributed by atoms with van der Waals surface area (Å²) in [6.07, 6.45) is 12.3. The second-order valence-electron chi connectivity index (χ2n) is 12.9. The van der Waals surface area contributed by atoms with Gasteiger partial charge in [-0.1, -0.05) is 51.8 Å². The molecule has 0 atom stereocenters. The number of allylic oxidation sites excluding steroid dienone is 6. The molecule has 0 unspecified atom stereocenters. The predicted octanol–water partition coefficient (Wildman–Crippen LogP) is 8.16. The van der Waals surface area contributed by atoms with Crippen molar-refractivity contribution in [2.45, 2.75) is 99.5 Å². The van der Waals surface area contributed by atoms with E-state index in [9.17, 15) is 0 Å². The molecule has 1 aromatic carbocycles. The Morgan fingerprint density at radius 1 is 0.979 bits per heavy atom. The molecule has 2 heterocycles. The molecule has 4 N–H and O–H groups in total. The van der Waals surface area contributed by atoms with Crippen molar-refractivity contribution in [3.63, 3.8) is 0 Å². The lowest BCUT2D eigenvalue weighted by Crippen LogP contribution is -2.52. The maximum absolute atomic E-state index is 5.85. The van der Waals surface area contributed by atoms with Crippen molar-refractivity contribution >= 4 is 11.4 Å². The third-order valence-electron chi connectivity index (χ3n) is 9.23. The number of piperazine rings is 1. The molecule has 1 aromatic rings. The van der Waals surface area contributed by atoms with E-state index in [1.165, 1.54) is 68.0 Å². The van der Waals surface area contributed by atoms with E-state index in [-0.39, 0.29) is 0 Å². The number of methoxy groups -OCH3 is 2. The van der Waals surface area contributed by atoms with E-state index >= 15 is 0 Å². The first kappa shape index (κ1) is 43.1. The minimum absolute atomic E-state index is 0.724. The summed E-state index contributed by atoms with van der Waals surface area (Å²) in [6.45, 7) is 26.9. The Bertz CT molecular complexity index is 1120. The standard InChI is InChI=1S/C21H35N5O.C15H29NO.C4H8/c1-16(22)17(2)23-18-5-6-20(21(15-18)27-4)26-9-7-19(8-10-26)25-13-11-24(3)12-14-25;1-6-9-10-15(16-11-12-17-5)14(8-3)13(4)7-2;1-3-4-2/h5-6,15,19,23H,7-14,22H2,1-4H3;10,16H,6-9,11-12H2,1-5H3;3H,1,4H2,2H3/b17-16-;14-13+,15-10-;. The summed E-state index contributed by atoms with van der Waals surface area (Å²) in [5, 5.41) is 6.85. The minimum Gasteiger partial charge on any atom is -0.495 e. The van der Waals surface area contributed by atoms with E-state index in [1.54, 1.807) is 14.2 Å². The van der Waals surface area contributed by atoms with E-state index in [1.807, 2.05) is 19.9 Å². The van der Waals surface area contributed by atoms with Gasteiger partial charge in [-0.05, 0) is 84.0 Å². The Labute approximate surface area is 295 Å². The van der Waals surface area contributed by atoms with Gasteiger partial charge in [-0.3, -0.25) is 4.90 Å². The van der Waals surface area contributed by atoms with Crippen LogP contribution in [0.5, 0.6) is 5.75 Å². The van der Waals surface area contributed by atoms with Crippen LogP contribution in [0.15, 0.2) is 65.2 Å². The number of hydrogen-bond donors (Lipinski definition) is 3. The Morgan fingerprint density at radius 2 is 1.62 bits per heavy atom. The summed E-state index contributed by atoms with van der Waals surface area (Å²) in [5.74, 6) is 0.917. The molecule has 0 saturated carbocycles. The van der Waals surface area contributed by atoms with Crippen molar-refractivity contribution in [2.75, 3.05) is 83.9 Å². The van der Waals surface area contributed by atoms with Crippen molar-refractivity contribution in [3.8, 4) is 5.75 Å². The maximum atomic E-state index is 5.85. The number of nitrogens with two attached hydrogens (primary N) is 1. The lowest BCUT2D eigenvalue weighted by molar-refractivity contribution is 0.0981. The van der Waals surface area contributed by atoms with Gasteiger partial charge in [-0.15, -0.1) is 6.58 Å². The van der Waals surface area contributed by atoms with Gasteiger partial charge in [0.25, 0.3) is 0 Å². The first-order valence-corrected chi connectivity index (χ1v) is 18.4. The van der Waals surface area contributed by atoms with Crippen LogP contribution in [0.1, 0.15) is 93.4 Å². The van der Waals surface area contributed by atoms with Gasteiger partial charge in [-0.25, -0.2) is 0 Å². The molecule has 0 aliphatic carbocycles. The molecule has 2 fully saturated rings. The van der Waals surface area contributed by atoms with Crippen LogP contribution in [0, 0.1) is 0 Å². The van der Waals surface area contributed by atoms with Gasteiger partial charge in [0.1, 0.15) is 5.75 Å². The third kappa shape index (κ3) is 15.5. The fourth-order valence-corrected chi connectivity index (χ4v) is 5.80. The molecule has 0 spiro atoms. The van der Waals surface area contributed by atoms with Gasteiger partial charge in [-0.2, -0.15) is 0 Å². The Morgan fingerprint density at radius 3 is 2.12 bits per heavy atom. The van der Waals surface area contributed by atoms with Crippen molar-refractivity contribution < 1.29 is 9.47 Å². The van der Waals surface area contributed by atoms with Crippen LogP contribution in [0.3, 0.4) is 0 Å². The largest absolute Gasteiger partial charge is 0.495 e. The van der Waals surface area contributed by atoms with Gasteiger partial charge < -0.3 is 35.6 Å². The summed E-state index contributed by atoms with van der Waals surface area (Å²) in [6, 6.07) is 7.06. The zero-order valence-corrected chi connectivity index (χ0v) is 32.5. The van der Waals surface area contributed by atoms with Gasteiger partial charge in [0.15, 0.2) is 0 Å². The number of rotatable bonds is 15. The molecule has 3 rings (SSSR count). The van der Waals surface area contributed by atoms with Crippen LogP contribution in [0.2, 0.25) is 0 Å². The van der Waals surface area contributed by atoms with Gasteiger partial charge in [0.05, 0.1) is 19.4 Å². The van der Waals surface area contributed by atoms with Crippen molar-refractivity contribution in [1.82, 2.24) is 15.1 Å². The third-order valence-corrected chi connectivity index (χ3v) is 9.23. The second-order valence-corrected chi connectivity index (χ2v) is 12.9. The van der Waals surface area contributed by atoms with Crippen LogP contribution in [-0.4, -0.2) is 89.5 Å². The minimum atomic E-state index is 0.724. The van der Waals surface area contributed by atoms with E-state index in [4.69, 9.17) is 15.2 Å². The number of piperidine rings is 1. The Hall–Kier alpha value is -2.94. The average molecular weight is 669 g/mol. The first-order chi connectivity index (χ1) is 23.1. The zero-order chi connectivity index (χ0) is 35.9. The second kappa shape index (κ2) is 25.1. The van der Waals surface area contributed by atoms with Crippen LogP contribution in [0.4, 0.5) is 11.4 Å². The average Bonchev–Trinajstić information content (AvgIpc) is 3.11. The summed E-state index contributed by atoms with van der Waals surface area (Å²) in [5.41, 5.74) is 14.1. The quantitative estimate of drug-likeness (QED) is 0.0982. The lowest BCUT2D eigenvalue weighted by atomic mass is 10.0. The lowest BCUT2D eigenvalue weighted by Gasteiger charge is -2.42. The molecule has 8 heteroatoms. The number of likely N-dealkylation sites (N-methyl/N-ethyl adjacent to an activating group) is 1. The topological polar surface area (TPSA) is 78.3 Å². The molecule has 0 radical (unpaired) electrons. The van der Waals surface area contributed by atoms with Crippen LogP contribution < -0.4 is 26.0 Å². The normalized spacial score (nSPS) is 17.2. The number of ether oxygens (including phenoxy) is 2. The number of anilines is 2. The fraction of sp³-hybridized carbons (Fsp3) is 0.650. The molecule has 2 saturated heterocycles. The SMILES string of the molecule is C=CCC.CCC/C=C(NCCOC)/C(CC)=C(\C)CC.COc1cc(N/C(C)=C(/C)N)ccc1N1CCC(N2CCN(C)CC2)CC1. The molecule has 2 aliphatic heterocycles. The number of nitrogens with zero attached hydrogens (tertiary/aromatic N) is 3. The monoisotopic (exact) mass is 669 g/mol. The summed E-state index contributed by atoms with van der Waals surface area (Å²) < 4.78 is 10.8. The molecule has 274 valence electrons. The van der Waals surface area contributed by atoms with Crippen molar-refractivity contribution in [3.05, 3.63) is 65.2 Å². The predicted molar refractivity (Wildman–Crippen MR) is 210 cm³/mol. The highest BCUT2D eigenvalue weighted by Gasteiger charge is 2.27. The van der Waals surface area contributed by atoms with Crippen molar-refractivity contribution in [2.24, 2.45) is 5.73 Å². The number of nitrogens with one attached hydrogen (secondary N) is 2. The molecular formula is C40H72N6O2. The number of benzene rings is 1. The molecular weight excluding hydrogens is 596 g/mol. The highest BCUT2D eigenvalue weighted by atomic mass is 16.5. The van der Waals surface area contributed by atoms with E-state index < -0.39 is 0 Å². The summed E-state index contributed by atoms with van der Waals surface area (Å²) >= 11 is 0. The highest BCUT2D eigenvalue weighted by molar-refractivity contribution is 5.66. The van der Waals surface area contributed by atoms with Crippen LogP contribution in [0.25, 0.3) is 0 Å².